The summed E-state index contributed by atoms with van der Waals surface area (Å²) in [7, 11) is 0. The lowest BCUT2D eigenvalue weighted by atomic mass is 9.78. The number of carbonyl (C=O) groups excluding carboxylic acids is 1. The summed E-state index contributed by atoms with van der Waals surface area (Å²) in [6.45, 7) is 3.94. The molecule has 0 aromatic heterocycles. The molecule has 0 heterocycles. The minimum absolute atomic E-state index is 0.196. The number of aliphatic carboxylic acids is 1. The molecule has 3 N–H and O–H groups in total. The summed E-state index contributed by atoms with van der Waals surface area (Å²) in [4.78, 5) is 23.3. The molecule has 110 valence electrons. The number of carboxylic acid groups (broad SMARTS) is 1. The minimum Gasteiger partial charge on any atom is -0.481 e. The van der Waals surface area contributed by atoms with Crippen LogP contribution in [0.5, 0.6) is 0 Å². The summed E-state index contributed by atoms with van der Waals surface area (Å²) in [5.74, 6) is -2.15. The first-order valence-electron chi connectivity index (χ1n) is 7.16. The van der Waals surface area contributed by atoms with Gasteiger partial charge in [-0.25, -0.2) is 0 Å². The molecule has 0 aliphatic heterocycles. The van der Waals surface area contributed by atoms with Crippen molar-refractivity contribution in [2.75, 3.05) is 6.54 Å². The standard InChI is InChI=1S/C14H25NO4/c1-3-14(19,4-2)9-15-12(16)10-7-5-6-8-11(10)13(17)18/h10-11,19H,3-9H2,1-2H3,(H,15,16)(H,17,18)/t10-,11+/m1/s1. The van der Waals surface area contributed by atoms with Gasteiger partial charge in [0, 0.05) is 6.54 Å². The van der Waals surface area contributed by atoms with Crippen LogP contribution in [-0.4, -0.2) is 34.2 Å². The number of amides is 1. The smallest absolute Gasteiger partial charge is 0.307 e. The van der Waals surface area contributed by atoms with Crippen LogP contribution in [-0.2, 0) is 9.59 Å². The van der Waals surface area contributed by atoms with E-state index in [0.717, 1.165) is 12.8 Å². The van der Waals surface area contributed by atoms with Crippen molar-refractivity contribution in [2.45, 2.75) is 58.0 Å². The summed E-state index contributed by atoms with van der Waals surface area (Å²) in [6, 6.07) is 0. The zero-order chi connectivity index (χ0) is 14.5. The molecule has 5 heteroatoms. The fraction of sp³-hybridized carbons (Fsp3) is 0.857. The van der Waals surface area contributed by atoms with Gasteiger partial charge in [-0.05, 0) is 25.7 Å². The zero-order valence-electron chi connectivity index (χ0n) is 11.8. The summed E-state index contributed by atoms with van der Waals surface area (Å²) in [5, 5.41) is 22.0. The van der Waals surface area contributed by atoms with Crippen LogP contribution in [0.15, 0.2) is 0 Å². The predicted octanol–water partition coefficient (Wildman–Crippen LogP) is 1.54. The van der Waals surface area contributed by atoms with E-state index >= 15 is 0 Å². The summed E-state index contributed by atoms with van der Waals surface area (Å²) in [5.41, 5.74) is -0.886. The number of rotatable bonds is 6. The van der Waals surface area contributed by atoms with E-state index in [2.05, 4.69) is 5.32 Å². The average molecular weight is 271 g/mol. The van der Waals surface area contributed by atoms with Gasteiger partial charge in [-0.15, -0.1) is 0 Å². The van der Waals surface area contributed by atoms with Gasteiger partial charge in [-0.2, -0.15) is 0 Å². The van der Waals surface area contributed by atoms with E-state index in [-0.39, 0.29) is 12.5 Å². The Hall–Kier alpha value is -1.10. The van der Waals surface area contributed by atoms with Crippen molar-refractivity contribution in [1.29, 1.82) is 0 Å². The molecule has 1 amide bonds. The highest BCUT2D eigenvalue weighted by molar-refractivity contribution is 5.84. The monoisotopic (exact) mass is 271 g/mol. The molecule has 0 saturated heterocycles. The number of hydrogen-bond donors (Lipinski definition) is 3. The maximum atomic E-state index is 12.1. The highest BCUT2D eigenvalue weighted by Crippen LogP contribution is 2.30. The van der Waals surface area contributed by atoms with Crippen molar-refractivity contribution in [3.05, 3.63) is 0 Å². The molecule has 0 aromatic rings. The maximum absolute atomic E-state index is 12.1. The molecule has 1 fully saturated rings. The quantitative estimate of drug-likeness (QED) is 0.684. The predicted molar refractivity (Wildman–Crippen MR) is 71.6 cm³/mol. The third-order valence-corrected chi connectivity index (χ3v) is 4.33. The Morgan fingerprint density at radius 1 is 1.16 bits per heavy atom. The van der Waals surface area contributed by atoms with Crippen LogP contribution in [0.4, 0.5) is 0 Å². The first kappa shape index (κ1) is 16.0. The van der Waals surface area contributed by atoms with Crippen LogP contribution in [0.25, 0.3) is 0 Å². The fourth-order valence-electron chi connectivity index (χ4n) is 2.62. The van der Waals surface area contributed by atoms with Crippen molar-refractivity contribution in [1.82, 2.24) is 5.32 Å². The topological polar surface area (TPSA) is 86.6 Å². The third kappa shape index (κ3) is 4.20. The second-order valence-corrected chi connectivity index (χ2v) is 5.48. The normalized spacial score (nSPS) is 23.9. The van der Waals surface area contributed by atoms with Crippen LogP contribution in [0.1, 0.15) is 52.4 Å². The first-order valence-corrected chi connectivity index (χ1v) is 7.16. The van der Waals surface area contributed by atoms with E-state index in [1.165, 1.54) is 0 Å². The Bertz CT molecular complexity index is 325. The Labute approximate surface area is 114 Å². The molecule has 1 saturated carbocycles. The van der Waals surface area contributed by atoms with Gasteiger partial charge >= 0.3 is 5.97 Å². The summed E-state index contributed by atoms with van der Waals surface area (Å²) in [6.07, 6.45) is 4.09. The van der Waals surface area contributed by atoms with Gasteiger partial charge in [0.1, 0.15) is 0 Å². The lowest BCUT2D eigenvalue weighted by molar-refractivity contribution is -0.149. The molecule has 0 aromatic carbocycles. The van der Waals surface area contributed by atoms with Crippen LogP contribution in [0.2, 0.25) is 0 Å². The second-order valence-electron chi connectivity index (χ2n) is 5.48. The molecule has 5 nitrogen and oxygen atoms in total. The number of carbonyl (C=O) groups is 2. The van der Waals surface area contributed by atoms with Crippen molar-refractivity contribution in [3.8, 4) is 0 Å². The Morgan fingerprint density at radius 3 is 2.16 bits per heavy atom. The zero-order valence-corrected chi connectivity index (χ0v) is 11.8. The second kappa shape index (κ2) is 6.89. The van der Waals surface area contributed by atoms with E-state index in [0.29, 0.717) is 25.7 Å². The Balaban J connectivity index is 2.58. The van der Waals surface area contributed by atoms with Crippen molar-refractivity contribution in [2.24, 2.45) is 11.8 Å². The molecule has 0 spiro atoms. The van der Waals surface area contributed by atoms with Crippen LogP contribution in [0.3, 0.4) is 0 Å². The lowest BCUT2D eigenvalue weighted by Crippen LogP contribution is -2.46. The molecule has 1 aliphatic rings. The first-order chi connectivity index (χ1) is 8.93. The van der Waals surface area contributed by atoms with E-state index in [1.807, 2.05) is 13.8 Å². The minimum atomic E-state index is -0.888. The third-order valence-electron chi connectivity index (χ3n) is 4.33. The Morgan fingerprint density at radius 2 is 1.68 bits per heavy atom. The molecule has 0 radical (unpaired) electrons. The van der Waals surface area contributed by atoms with Crippen molar-refractivity contribution < 1.29 is 19.8 Å². The fourth-order valence-corrected chi connectivity index (χ4v) is 2.62. The molecule has 0 bridgehead atoms. The molecule has 0 unspecified atom stereocenters. The molecular weight excluding hydrogens is 246 g/mol. The van der Waals surface area contributed by atoms with Gasteiger partial charge in [0.2, 0.25) is 5.91 Å². The van der Waals surface area contributed by atoms with Crippen LogP contribution >= 0.6 is 0 Å². The van der Waals surface area contributed by atoms with Crippen LogP contribution < -0.4 is 5.32 Å². The van der Waals surface area contributed by atoms with Gasteiger partial charge in [-0.3, -0.25) is 9.59 Å². The largest absolute Gasteiger partial charge is 0.481 e. The van der Waals surface area contributed by atoms with E-state index in [1.54, 1.807) is 0 Å². The van der Waals surface area contributed by atoms with Crippen molar-refractivity contribution >= 4 is 11.9 Å². The van der Waals surface area contributed by atoms with Crippen LogP contribution in [0, 0.1) is 11.8 Å². The van der Waals surface area contributed by atoms with Crippen molar-refractivity contribution in [3.63, 3.8) is 0 Å². The van der Waals surface area contributed by atoms with Gasteiger partial charge in [-0.1, -0.05) is 26.7 Å². The highest BCUT2D eigenvalue weighted by Gasteiger charge is 2.36. The molecule has 2 atom stereocenters. The van der Waals surface area contributed by atoms with E-state index < -0.39 is 23.4 Å². The number of carboxylic acids is 1. The number of hydrogen-bond acceptors (Lipinski definition) is 3. The SMILES string of the molecule is CCC(O)(CC)CNC(=O)[C@@H]1CCCC[C@@H]1C(=O)O. The maximum Gasteiger partial charge on any atom is 0.307 e. The highest BCUT2D eigenvalue weighted by atomic mass is 16.4. The number of aliphatic hydroxyl groups is 1. The lowest BCUT2D eigenvalue weighted by Gasteiger charge is -2.30. The van der Waals surface area contributed by atoms with E-state index in [4.69, 9.17) is 5.11 Å². The van der Waals surface area contributed by atoms with E-state index in [9.17, 15) is 14.7 Å². The average Bonchev–Trinajstić information content (AvgIpc) is 2.44. The summed E-state index contributed by atoms with van der Waals surface area (Å²) < 4.78 is 0. The summed E-state index contributed by atoms with van der Waals surface area (Å²) >= 11 is 0. The van der Waals surface area contributed by atoms with Gasteiger partial charge in [0.15, 0.2) is 0 Å². The van der Waals surface area contributed by atoms with Gasteiger partial charge in [0.05, 0.1) is 17.4 Å². The number of nitrogens with one attached hydrogen (secondary N) is 1. The molecule has 1 rings (SSSR count). The van der Waals surface area contributed by atoms with Gasteiger partial charge in [0.25, 0.3) is 0 Å². The molecular formula is C14H25NO4. The molecule has 19 heavy (non-hydrogen) atoms. The molecule has 1 aliphatic carbocycles. The van der Waals surface area contributed by atoms with Gasteiger partial charge < -0.3 is 15.5 Å². The Kier molecular flexibility index (Phi) is 5.79.